The highest BCUT2D eigenvalue weighted by Crippen LogP contribution is 2.33. The first-order valence-corrected chi connectivity index (χ1v) is 10.2. The first kappa shape index (κ1) is 25.2. The number of ether oxygens (including phenoxy) is 3. The zero-order chi connectivity index (χ0) is 25.6. The normalized spacial score (nSPS) is 10.9. The molecule has 0 bridgehead atoms. The van der Waals surface area contributed by atoms with Crippen LogP contribution in [0, 0.1) is 0 Å². The van der Waals surface area contributed by atoms with E-state index in [4.69, 9.17) is 14.2 Å². The van der Waals surface area contributed by atoms with E-state index in [1.165, 1.54) is 36.1 Å². The Labute approximate surface area is 198 Å². The topological polar surface area (TPSA) is 90.8 Å². The molecule has 35 heavy (non-hydrogen) atoms. The van der Waals surface area contributed by atoms with Crippen molar-refractivity contribution >= 4 is 23.4 Å². The van der Waals surface area contributed by atoms with Crippen molar-refractivity contribution in [3.8, 4) is 17.2 Å². The Hall–Kier alpha value is -4.41. The van der Waals surface area contributed by atoms with Gasteiger partial charge in [-0.05, 0) is 48.5 Å². The van der Waals surface area contributed by atoms with Gasteiger partial charge in [-0.25, -0.2) is 4.79 Å². The van der Waals surface area contributed by atoms with Gasteiger partial charge in [-0.15, -0.1) is 0 Å². The molecular formula is C24H22F3N3O5. The SMILES string of the molecule is C=CCOC(=O)Nc1cn(C)c(C(=O)Nc2ccc(Oc3ccc(C(F)(F)F)cc3)cc2)c1OC. The molecule has 0 saturated carbocycles. The summed E-state index contributed by atoms with van der Waals surface area (Å²) in [5.74, 6) is 0.231. The Bertz CT molecular complexity index is 1200. The largest absolute Gasteiger partial charge is 0.492 e. The molecule has 2 amide bonds. The molecule has 2 N–H and O–H groups in total. The molecule has 8 nitrogen and oxygen atoms in total. The summed E-state index contributed by atoms with van der Waals surface area (Å²) in [6, 6.07) is 10.5. The number of aromatic nitrogens is 1. The van der Waals surface area contributed by atoms with Crippen LogP contribution in [0.2, 0.25) is 0 Å². The fourth-order valence-electron chi connectivity index (χ4n) is 3.09. The molecule has 2 aromatic carbocycles. The number of nitrogens with one attached hydrogen (secondary N) is 2. The van der Waals surface area contributed by atoms with Crippen LogP contribution in [0.5, 0.6) is 17.2 Å². The molecule has 0 aliphatic heterocycles. The van der Waals surface area contributed by atoms with Crippen LogP contribution in [-0.2, 0) is 18.0 Å². The lowest BCUT2D eigenvalue weighted by Crippen LogP contribution is -2.17. The Morgan fingerprint density at radius 1 is 1.03 bits per heavy atom. The average molecular weight is 489 g/mol. The van der Waals surface area contributed by atoms with Gasteiger partial charge >= 0.3 is 12.3 Å². The van der Waals surface area contributed by atoms with Crippen molar-refractivity contribution in [2.75, 3.05) is 24.4 Å². The van der Waals surface area contributed by atoms with Gasteiger partial charge in [-0.2, -0.15) is 13.2 Å². The molecule has 0 spiro atoms. The van der Waals surface area contributed by atoms with Crippen molar-refractivity contribution in [2.45, 2.75) is 6.18 Å². The maximum atomic E-state index is 12.9. The minimum absolute atomic E-state index is 0.0207. The molecule has 0 radical (unpaired) electrons. The Morgan fingerprint density at radius 2 is 1.63 bits per heavy atom. The molecule has 0 aliphatic carbocycles. The van der Waals surface area contributed by atoms with E-state index in [-0.39, 0.29) is 29.5 Å². The molecular weight excluding hydrogens is 467 g/mol. The number of hydrogen-bond acceptors (Lipinski definition) is 5. The highest BCUT2D eigenvalue weighted by atomic mass is 19.4. The van der Waals surface area contributed by atoms with Gasteiger partial charge in [0.15, 0.2) is 11.4 Å². The summed E-state index contributed by atoms with van der Waals surface area (Å²) >= 11 is 0. The van der Waals surface area contributed by atoms with E-state index in [0.717, 1.165) is 12.1 Å². The number of rotatable bonds is 8. The third-order valence-corrected chi connectivity index (χ3v) is 4.65. The lowest BCUT2D eigenvalue weighted by molar-refractivity contribution is -0.137. The van der Waals surface area contributed by atoms with Gasteiger partial charge in [0.25, 0.3) is 5.91 Å². The highest BCUT2D eigenvalue weighted by molar-refractivity contribution is 6.07. The van der Waals surface area contributed by atoms with Gasteiger partial charge in [0.05, 0.1) is 12.7 Å². The van der Waals surface area contributed by atoms with Crippen LogP contribution in [0.4, 0.5) is 29.3 Å². The minimum Gasteiger partial charge on any atom is -0.492 e. The number of carbonyl (C=O) groups excluding carboxylic acids is 2. The van der Waals surface area contributed by atoms with Crippen LogP contribution >= 0.6 is 0 Å². The third kappa shape index (κ3) is 6.34. The smallest absolute Gasteiger partial charge is 0.416 e. The summed E-state index contributed by atoms with van der Waals surface area (Å²) in [6.07, 6.45) is -2.24. The standard InChI is InChI=1S/C24H22F3N3O5/c1-4-13-34-23(32)29-19-14-30(2)20(21(19)33-3)22(31)28-16-7-11-18(12-8-16)35-17-9-5-15(6-10-17)24(25,26)27/h4-12,14H,1,13H2,2-3H3,(H,28,31)(H,29,32). The Balaban J connectivity index is 1.68. The number of hydrogen-bond donors (Lipinski definition) is 2. The maximum absolute atomic E-state index is 12.9. The average Bonchev–Trinajstić information content (AvgIpc) is 3.13. The van der Waals surface area contributed by atoms with E-state index in [2.05, 4.69) is 17.2 Å². The first-order chi connectivity index (χ1) is 16.6. The zero-order valence-corrected chi connectivity index (χ0v) is 18.8. The Kier molecular flexibility index (Phi) is 7.69. The zero-order valence-electron chi connectivity index (χ0n) is 18.8. The van der Waals surface area contributed by atoms with Gasteiger partial charge < -0.3 is 24.1 Å². The predicted molar refractivity (Wildman–Crippen MR) is 123 cm³/mol. The molecule has 1 heterocycles. The molecule has 3 rings (SSSR count). The van der Waals surface area contributed by atoms with Crippen LogP contribution in [0.1, 0.15) is 16.1 Å². The van der Waals surface area contributed by atoms with E-state index in [9.17, 15) is 22.8 Å². The number of alkyl halides is 3. The number of anilines is 2. The van der Waals surface area contributed by atoms with Crippen molar-refractivity contribution in [3.05, 3.63) is 78.6 Å². The molecule has 3 aromatic rings. The van der Waals surface area contributed by atoms with Crippen LogP contribution in [0.15, 0.2) is 67.4 Å². The van der Waals surface area contributed by atoms with Crippen molar-refractivity contribution in [1.82, 2.24) is 4.57 Å². The number of halogens is 3. The molecule has 0 atom stereocenters. The van der Waals surface area contributed by atoms with E-state index in [1.807, 2.05) is 0 Å². The van der Waals surface area contributed by atoms with Crippen LogP contribution in [0.25, 0.3) is 0 Å². The number of nitrogens with zero attached hydrogens (tertiary/aromatic N) is 1. The maximum Gasteiger partial charge on any atom is 0.416 e. The van der Waals surface area contributed by atoms with Crippen molar-refractivity contribution < 1.29 is 37.0 Å². The number of methoxy groups -OCH3 is 1. The van der Waals surface area contributed by atoms with Crippen molar-refractivity contribution in [1.29, 1.82) is 0 Å². The van der Waals surface area contributed by atoms with E-state index >= 15 is 0 Å². The van der Waals surface area contributed by atoms with E-state index in [0.29, 0.717) is 11.4 Å². The molecule has 11 heteroatoms. The fourth-order valence-corrected chi connectivity index (χ4v) is 3.09. The predicted octanol–water partition coefficient (Wildman–Crippen LogP) is 5.83. The summed E-state index contributed by atoms with van der Waals surface area (Å²) in [7, 11) is 2.97. The fraction of sp³-hybridized carbons (Fsp3) is 0.167. The minimum atomic E-state index is -4.43. The second-order valence-electron chi connectivity index (χ2n) is 7.15. The highest BCUT2D eigenvalue weighted by Gasteiger charge is 2.30. The molecule has 1 aromatic heterocycles. The quantitative estimate of drug-likeness (QED) is 0.389. The van der Waals surface area contributed by atoms with Crippen molar-refractivity contribution in [3.63, 3.8) is 0 Å². The summed E-state index contributed by atoms with van der Waals surface area (Å²) in [6.45, 7) is 3.48. The van der Waals surface area contributed by atoms with Crippen molar-refractivity contribution in [2.24, 2.45) is 7.05 Å². The van der Waals surface area contributed by atoms with Gasteiger partial charge in [-0.1, -0.05) is 12.7 Å². The molecule has 184 valence electrons. The summed E-state index contributed by atoms with van der Waals surface area (Å²) < 4.78 is 55.3. The number of carbonyl (C=O) groups is 2. The summed E-state index contributed by atoms with van der Waals surface area (Å²) in [5.41, 5.74) is 0.0510. The van der Waals surface area contributed by atoms with Crippen LogP contribution < -0.4 is 20.1 Å². The number of amides is 2. The second-order valence-corrected chi connectivity index (χ2v) is 7.15. The van der Waals surface area contributed by atoms with Gasteiger partial charge in [0, 0.05) is 18.9 Å². The molecule has 0 fully saturated rings. The van der Waals surface area contributed by atoms with E-state index < -0.39 is 23.7 Å². The van der Waals surface area contributed by atoms with Gasteiger partial charge in [-0.3, -0.25) is 10.1 Å². The number of aryl methyl sites for hydroxylation is 1. The third-order valence-electron chi connectivity index (χ3n) is 4.65. The van der Waals surface area contributed by atoms with E-state index in [1.54, 1.807) is 31.3 Å². The second kappa shape index (κ2) is 10.7. The summed E-state index contributed by atoms with van der Waals surface area (Å²) in [5, 5.41) is 5.22. The first-order valence-electron chi connectivity index (χ1n) is 10.2. The van der Waals surface area contributed by atoms with Gasteiger partial charge in [0.2, 0.25) is 0 Å². The molecule has 0 unspecified atom stereocenters. The molecule has 0 aliphatic rings. The summed E-state index contributed by atoms with van der Waals surface area (Å²) in [4.78, 5) is 24.7. The molecule has 0 saturated heterocycles. The lowest BCUT2D eigenvalue weighted by Gasteiger charge is -2.11. The lowest BCUT2D eigenvalue weighted by atomic mass is 10.2. The van der Waals surface area contributed by atoms with Gasteiger partial charge in [0.1, 0.15) is 23.8 Å². The monoisotopic (exact) mass is 489 g/mol. The van der Waals surface area contributed by atoms with Crippen LogP contribution in [0.3, 0.4) is 0 Å². The Morgan fingerprint density at radius 3 is 2.17 bits per heavy atom. The number of benzene rings is 2. The van der Waals surface area contributed by atoms with Crippen LogP contribution in [-0.4, -0.2) is 30.3 Å².